The van der Waals surface area contributed by atoms with E-state index in [1.165, 1.54) is 5.56 Å². The molecule has 2 atom stereocenters. The molecule has 0 saturated carbocycles. The maximum Gasteiger partial charge on any atom is 0.157 e. The molecule has 0 radical (unpaired) electrons. The Morgan fingerprint density at radius 1 is 1.29 bits per heavy atom. The predicted molar refractivity (Wildman–Crippen MR) is 86.6 cm³/mol. The summed E-state index contributed by atoms with van der Waals surface area (Å²) in [5, 5.41) is 8.89. The molecule has 4 nitrogen and oxygen atoms in total. The minimum Gasteiger partial charge on any atom is -0.361 e. The summed E-state index contributed by atoms with van der Waals surface area (Å²) in [6.07, 6.45) is 0. The number of amidine groups is 1. The third-order valence-electron chi connectivity index (χ3n) is 3.69. The lowest BCUT2D eigenvalue weighted by atomic mass is 10.1. The molecule has 0 saturated heterocycles. The van der Waals surface area contributed by atoms with Gasteiger partial charge in [0.25, 0.3) is 0 Å². The average Bonchev–Trinajstić information content (AvgIpc) is 3.07. The number of aryl methyl sites for hydroxylation is 2. The molecule has 0 aliphatic carbocycles. The molecule has 1 aliphatic rings. The molecule has 5 heteroatoms. The normalized spacial score (nSPS) is 19.4. The van der Waals surface area contributed by atoms with Crippen LogP contribution in [0.2, 0.25) is 0 Å². The zero-order valence-electron chi connectivity index (χ0n) is 12.5. The molecule has 0 spiro atoms. The number of rotatable bonds is 3. The van der Waals surface area contributed by atoms with E-state index in [1.54, 1.807) is 11.8 Å². The Bertz CT molecular complexity index is 631. The van der Waals surface area contributed by atoms with Crippen molar-refractivity contribution in [2.45, 2.75) is 32.1 Å². The van der Waals surface area contributed by atoms with E-state index in [9.17, 15) is 0 Å². The Balaban J connectivity index is 1.65. The van der Waals surface area contributed by atoms with Crippen LogP contribution in [0.25, 0.3) is 0 Å². The van der Waals surface area contributed by atoms with Crippen molar-refractivity contribution in [3.63, 3.8) is 0 Å². The van der Waals surface area contributed by atoms with Crippen molar-refractivity contribution < 1.29 is 4.52 Å². The topological polar surface area (TPSA) is 50.4 Å². The number of hydrogen-bond donors (Lipinski definition) is 1. The molecule has 2 heterocycles. The molecule has 3 rings (SSSR count). The smallest absolute Gasteiger partial charge is 0.157 e. The first-order valence-electron chi connectivity index (χ1n) is 7.10. The van der Waals surface area contributed by atoms with Crippen LogP contribution in [0.4, 0.5) is 0 Å². The van der Waals surface area contributed by atoms with Gasteiger partial charge in [0, 0.05) is 5.56 Å². The quantitative estimate of drug-likeness (QED) is 0.937. The van der Waals surface area contributed by atoms with E-state index in [0.717, 1.165) is 28.7 Å². The first-order chi connectivity index (χ1) is 10.1. The highest BCUT2D eigenvalue weighted by molar-refractivity contribution is 8.14. The van der Waals surface area contributed by atoms with Crippen molar-refractivity contribution in [3.05, 3.63) is 52.9 Å². The number of benzene rings is 1. The van der Waals surface area contributed by atoms with Gasteiger partial charge in [-0.3, -0.25) is 4.99 Å². The number of nitrogens with zero attached hydrogens (tertiary/aromatic N) is 2. The summed E-state index contributed by atoms with van der Waals surface area (Å²) in [7, 11) is 0. The van der Waals surface area contributed by atoms with Crippen LogP contribution in [-0.4, -0.2) is 16.9 Å². The fraction of sp³-hybridized carbons (Fsp3) is 0.375. The lowest BCUT2D eigenvalue weighted by molar-refractivity contribution is 0.391. The molecule has 0 bridgehead atoms. The maximum absolute atomic E-state index is 5.23. The Kier molecular flexibility index (Phi) is 4.01. The van der Waals surface area contributed by atoms with E-state index in [1.807, 2.05) is 19.9 Å². The van der Waals surface area contributed by atoms with Crippen LogP contribution >= 0.6 is 11.8 Å². The molecule has 1 N–H and O–H groups in total. The summed E-state index contributed by atoms with van der Waals surface area (Å²) in [5.41, 5.74) is 3.39. The van der Waals surface area contributed by atoms with Crippen LogP contribution in [0.3, 0.4) is 0 Å². The summed E-state index contributed by atoms with van der Waals surface area (Å²) in [6.45, 7) is 6.86. The van der Waals surface area contributed by atoms with Gasteiger partial charge in [0.15, 0.2) is 5.17 Å². The van der Waals surface area contributed by atoms with Gasteiger partial charge in [-0.2, -0.15) is 0 Å². The Morgan fingerprint density at radius 2 is 2.05 bits per heavy atom. The SMILES string of the molecule is Cc1noc(C)c1C(C)NC1=NCC(c2ccccc2)S1. The lowest BCUT2D eigenvalue weighted by Gasteiger charge is -2.15. The highest BCUT2D eigenvalue weighted by atomic mass is 32.2. The van der Waals surface area contributed by atoms with Crippen molar-refractivity contribution in [2.75, 3.05) is 6.54 Å². The minimum absolute atomic E-state index is 0.150. The zero-order valence-corrected chi connectivity index (χ0v) is 13.3. The van der Waals surface area contributed by atoms with Crippen molar-refractivity contribution in [3.8, 4) is 0 Å². The first-order valence-corrected chi connectivity index (χ1v) is 7.98. The molecule has 2 unspecified atom stereocenters. The fourth-order valence-electron chi connectivity index (χ4n) is 2.66. The van der Waals surface area contributed by atoms with E-state index in [0.29, 0.717) is 5.25 Å². The molecule has 0 fully saturated rings. The van der Waals surface area contributed by atoms with Gasteiger partial charge in [0.1, 0.15) is 5.76 Å². The molecule has 110 valence electrons. The largest absolute Gasteiger partial charge is 0.361 e. The number of aromatic nitrogens is 1. The maximum atomic E-state index is 5.23. The summed E-state index contributed by atoms with van der Waals surface area (Å²) in [4.78, 5) is 4.62. The predicted octanol–water partition coefficient (Wildman–Crippen LogP) is 3.79. The highest BCUT2D eigenvalue weighted by Gasteiger charge is 2.24. The van der Waals surface area contributed by atoms with Gasteiger partial charge >= 0.3 is 0 Å². The molecule has 21 heavy (non-hydrogen) atoms. The number of thioether (sulfide) groups is 1. The third-order valence-corrected chi connectivity index (χ3v) is 4.86. The van der Waals surface area contributed by atoms with Crippen LogP contribution in [0.1, 0.15) is 40.8 Å². The van der Waals surface area contributed by atoms with Crippen LogP contribution in [0, 0.1) is 13.8 Å². The van der Waals surface area contributed by atoms with E-state index in [2.05, 4.69) is 46.7 Å². The average molecular weight is 301 g/mol. The molecule has 1 aromatic heterocycles. The van der Waals surface area contributed by atoms with Gasteiger partial charge < -0.3 is 9.84 Å². The molecule has 1 aromatic carbocycles. The van der Waals surface area contributed by atoms with Crippen LogP contribution < -0.4 is 5.32 Å². The number of nitrogens with one attached hydrogen (secondary N) is 1. The molecule has 2 aromatic rings. The van der Waals surface area contributed by atoms with Crippen molar-refractivity contribution in [1.29, 1.82) is 0 Å². The first kappa shape index (κ1) is 14.2. The van der Waals surface area contributed by atoms with E-state index in [-0.39, 0.29) is 6.04 Å². The van der Waals surface area contributed by atoms with Gasteiger partial charge in [-0.15, -0.1) is 0 Å². The van der Waals surface area contributed by atoms with Crippen molar-refractivity contribution in [1.82, 2.24) is 10.5 Å². The van der Waals surface area contributed by atoms with Crippen molar-refractivity contribution in [2.24, 2.45) is 4.99 Å². The van der Waals surface area contributed by atoms with Gasteiger partial charge in [-0.05, 0) is 26.3 Å². The zero-order chi connectivity index (χ0) is 14.8. The Morgan fingerprint density at radius 3 is 2.71 bits per heavy atom. The van der Waals surface area contributed by atoms with Crippen LogP contribution in [0.5, 0.6) is 0 Å². The van der Waals surface area contributed by atoms with E-state index in [4.69, 9.17) is 4.52 Å². The summed E-state index contributed by atoms with van der Waals surface area (Å²) in [5.74, 6) is 0.871. The van der Waals surface area contributed by atoms with Gasteiger partial charge in [-0.1, -0.05) is 47.3 Å². The second-order valence-corrected chi connectivity index (χ2v) is 6.46. The summed E-state index contributed by atoms with van der Waals surface area (Å²) < 4.78 is 5.23. The van der Waals surface area contributed by atoms with E-state index < -0.39 is 0 Å². The summed E-state index contributed by atoms with van der Waals surface area (Å²) >= 11 is 1.79. The van der Waals surface area contributed by atoms with Crippen molar-refractivity contribution >= 4 is 16.9 Å². The second-order valence-electron chi connectivity index (χ2n) is 5.27. The van der Waals surface area contributed by atoms with E-state index >= 15 is 0 Å². The summed E-state index contributed by atoms with van der Waals surface area (Å²) in [6, 6.07) is 10.7. The van der Waals surface area contributed by atoms with Gasteiger partial charge in [-0.25, -0.2) is 0 Å². The Labute approximate surface area is 129 Å². The molecular formula is C16H19N3OS. The molecule has 1 aliphatic heterocycles. The van der Waals surface area contributed by atoms with Gasteiger partial charge in [0.2, 0.25) is 0 Å². The Hall–Kier alpha value is -1.75. The van der Waals surface area contributed by atoms with Gasteiger partial charge in [0.05, 0.1) is 23.5 Å². The molecule has 0 amide bonds. The number of aliphatic imine (C=N–C) groups is 1. The highest BCUT2D eigenvalue weighted by Crippen LogP contribution is 2.35. The number of hydrogen-bond acceptors (Lipinski definition) is 5. The van der Waals surface area contributed by atoms with Crippen LogP contribution in [0.15, 0.2) is 39.8 Å². The lowest BCUT2D eigenvalue weighted by Crippen LogP contribution is -2.23. The monoisotopic (exact) mass is 301 g/mol. The minimum atomic E-state index is 0.150. The second kappa shape index (κ2) is 5.93. The molecular weight excluding hydrogens is 282 g/mol. The standard InChI is InChI=1S/C16H19N3OS/c1-10(15-11(2)19-20-12(15)3)18-16-17-9-14(21-16)13-7-5-4-6-8-13/h4-8,10,14H,9H2,1-3H3,(H,17,18). The third kappa shape index (κ3) is 2.97. The fourth-order valence-corrected chi connectivity index (χ4v) is 3.77. The van der Waals surface area contributed by atoms with Crippen LogP contribution in [-0.2, 0) is 0 Å².